The molecule has 0 bridgehead atoms. The highest BCUT2D eigenvalue weighted by atomic mass is 35.5. The van der Waals surface area contributed by atoms with Gasteiger partial charge in [0.25, 0.3) is 5.91 Å². The maximum Gasteiger partial charge on any atom is 0.264 e. The number of anilines is 1. The molecule has 0 aromatic heterocycles. The van der Waals surface area contributed by atoms with Crippen molar-refractivity contribution in [1.29, 1.82) is 0 Å². The van der Waals surface area contributed by atoms with E-state index in [1.54, 1.807) is 18.2 Å². The molecule has 2 N–H and O–H groups in total. The third-order valence-electron chi connectivity index (χ3n) is 11.1. The van der Waals surface area contributed by atoms with Crippen LogP contribution in [0.25, 0.3) is 0 Å². The highest BCUT2D eigenvalue weighted by Crippen LogP contribution is 2.48. The molecule has 2 fully saturated rings. The number of sulfonamides is 1. The number of nitrogens with one attached hydrogen (secondary N) is 1. The number of carbonyl (C=O) groups excluding carboxylic acids is 1. The molecule has 276 valence electrons. The van der Waals surface area contributed by atoms with E-state index in [1.807, 2.05) is 18.2 Å². The fraction of sp³-hybridized carbons (Fsp3) is 0.575. The number of aliphatic hydroxyl groups is 1. The lowest BCUT2D eigenvalue weighted by atomic mass is 9.64. The standard InChI is InChI=1S/C40H52ClN3O6S/c1-4-5-17-40(46,18-6-7-19-43-20-22-49-23-21-43)35-13-10-32(35)26-44-27-39(16-8-9-30-24-33(41)12-14-34(30)39)28-50-37-15-11-31(25-36(37)44)38(45)42-51(47,48)29(2)3/h5,11-12,14-15,17,24-25,29,32,35,46H,4,7-10,13,16,19-23,26-28H2,1-3H3,(H,42,45)/b17-5+/t32-,35+,39-,40+/m0/s1. The second-order valence-electron chi connectivity index (χ2n) is 14.9. The maximum atomic E-state index is 13.3. The van der Waals surface area contributed by atoms with Gasteiger partial charge in [0.05, 0.1) is 30.8 Å². The minimum atomic E-state index is -3.82. The largest absolute Gasteiger partial charge is 0.490 e. The molecule has 1 saturated carbocycles. The highest BCUT2D eigenvalue weighted by Gasteiger charge is 2.47. The fourth-order valence-corrected chi connectivity index (χ4v) is 8.82. The van der Waals surface area contributed by atoms with Crippen LogP contribution in [0.5, 0.6) is 5.75 Å². The number of hydrogen-bond donors (Lipinski definition) is 2. The van der Waals surface area contributed by atoms with Crippen LogP contribution in [0.4, 0.5) is 5.69 Å². The van der Waals surface area contributed by atoms with E-state index >= 15 is 0 Å². The number of hydrogen-bond acceptors (Lipinski definition) is 8. The molecule has 2 heterocycles. The maximum absolute atomic E-state index is 13.3. The highest BCUT2D eigenvalue weighted by molar-refractivity contribution is 7.90. The summed E-state index contributed by atoms with van der Waals surface area (Å²) in [5.74, 6) is 6.65. The zero-order valence-electron chi connectivity index (χ0n) is 30.1. The molecule has 6 rings (SSSR count). The van der Waals surface area contributed by atoms with E-state index in [4.69, 9.17) is 21.1 Å². The van der Waals surface area contributed by atoms with Crippen LogP contribution < -0.4 is 14.4 Å². The van der Waals surface area contributed by atoms with Gasteiger partial charge in [-0.05, 0) is 106 Å². The first kappa shape index (κ1) is 37.7. The number of fused-ring (bicyclic) bond motifs is 3. The number of benzene rings is 2. The van der Waals surface area contributed by atoms with E-state index in [-0.39, 0.29) is 22.8 Å². The third kappa shape index (κ3) is 8.44. The topological polar surface area (TPSA) is 108 Å². The summed E-state index contributed by atoms with van der Waals surface area (Å²) in [4.78, 5) is 18.0. The van der Waals surface area contributed by atoms with Crippen molar-refractivity contribution in [3.63, 3.8) is 0 Å². The van der Waals surface area contributed by atoms with Gasteiger partial charge in [0.15, 0.2) is 0 Å². The molecule has 4 atom stereocenters. The molecule has 2 aromatic carbocycles. The molecule has 2 aliphatic carbocycles. The second-order valence-corrected chi connectivity index (χ2v) is 17.6. The monoisotopic (exact) mass is 737 g/mol. The summed E-state index contributed by atoms with van der Waals surface area (Å²) in [7, 11) is -3.82. The Labute approximate surface area is 308 Å². The van der Waals surface area contributed by atoms with Gasteiger partial charge in [-0.1, -0.05) is 42.5 Å². The smallest absolute Gasteiger partial charge is 0.264 e. The van der Waals surface area contributed by atoms with Gasteiger partial charge in [-0.15, -0.1) is 0 Å². The first-order valence-electron chi connectivity index (χ1n) is 18.5. The number of nitrogens with zero attached hydrogens (tertiary/aromatic N) is 2. The van der Waals surface area contributed by atoms with E-state index in [0.29, 0.717) is 31.9 Å². The lowest BCUT2D eigenvalue weighted by Crippen LogP contribution is -2.52. The third-order valence-corrected chi connectivity index (χ3v) is 13.1. The zero-order chi connectivity index (χ0) is 36.2. The van der Waals surface area contributed by atoms with E-state index in [0.717, 1.165) is 82.1 Å². The number of aryl methyl sites for hydroxylation is 1. The Bertz CT molecular complexity index is 1780. The van der Waals surface area contributed by atoms with Crippen molar-refractivity contribution in [2.45, 2.75) is 82.0 Å². The van der Waals surface area contributed by atoms with Crippen molar-refractivity contribution < 1.29 is 27.8 Å². The molecule has 9 nitrogen and oxygen atoms in total. The van der Waals surface area contributed by atoms with Crippen LogP contribution in [0, 0.1) is 23.7 Å². The molecule has 1 amide bonds. The second kappa shape index (κ2) is 15.9. The van der Waals surface area contributed by atoms with Crippen LogP contribution in [0.15, 0.2) is 48.6 Å². The van der Waals surface area contributed by atoms with E-state index in [2.05, 4.69) is 45.4 Å². The Morgan fingerprint density at radius 2 is 2.00 bits per heavy atom. The van der Waals surface area contributed by atoms with E-state index in [9.17, 15) is 18.3 Å². The molecule has 1 spiro atoms. The van der Waals surface area contributed by atoms with Gasteiger partial charge in [0, 0.05) is 61.1 Å². The summed E-state index contributed by atoms with van der Waals surface area (Å²) in [6.45, 7) is 11.0. The number of morpholine rings is 1. The Morgan fingerprint density at radius 3 is 2.73 bits per heavy atom. The van der Waals surface area contributed by atoms with Gasteiger partial charge in [-0.3, -0.25) is 9.69 Å². The number of ether oxygens (including phenoxy) is 2. The minimum Gasteiger partial charge on any atom is -0.490 e. The molecule has 0 unspecified atom stereocenters. The van der Waals surface area contributed by atoms with E-state index < -0.39 is 26.8 Å². The van der Waals surface area contributed by atoms with Crippen LogP contribution in [-0.2, 0) is 26.6 Å². The van der Waals surface area contributed by atoms with Crippen molar-refractivity contribution in [3.05, 3.63) is 70.3 Å². The number of carbonyl (C=O) groups is 1. The van der Waals surface area contributed by atoms with Crippen LogP contribution in [0.2, 0.25) is 5.02 Å². The summed E-state index contributed by atoms with van der Waals surface area (Å²) in [6, 6.07) is 11.3. The van der Waals surface area contributed by atoms with Crippen molar-refractivity contribution in [2.75, 3.05) is 57.4 Å². The Hall–Kier alpha value is -3.07. The molecular weight excluding hydrogens is 686 g/mol. The average molecular weight is 738 g/mol. The molecule has 4 aliphatic rings. The summed E-state index contributed by atoms with van der Waals surface area (Å²) in [6.07, 6.45) is 10.0. The van der Waals surface area contributed by atoms with E-state index in [1.165, 1.54) is 25.0 Å². The molecule has 51 heavy (non-hydrogen) atoms. The van der Waals surface area contributed by atoms with Crippen molar-refractivity contribution in [2.24, 2.45) is 11.8 Å². The van der Waals surface area contributed by atoms with Crippen LogP contribution in [0.1, 0.15) is 80.8 Å². The first-order valence-corrected chi connectivity index (χ1v) is 20.4. The van der Waals surface area contributed by atoms with Crippen LogP contribution >= 0.6 is 11.6 Å². The summed E-state index contributed by atoms with van der Waals surface area (Å²) in [5, 5.41) is 12.1. The molecule has 0 radical (unpaired) electrons. The summed E-state index contributed by atoms with van der Waals surface area (Å²) in [5.41, 5.74) is 1.88. The predicted molar refractivity (Wildman–Crippen MR) is 202 cm³/mol. The Morgan fingerprint density at radius 1 is 1.20 bits per heavy atom. The molecule has 2 aliphatic heterocycles. The van der Waals surface area contributed by atoms with Crippen LogP contribution in [0.3, 0.4) is 0 Å². The fourth-order valence-electron chi connectivity index (χ4n) is 8.01. The number of rotatable bonds is 10. The van der Waals surface area contributed by atoms with Crippen molar-refractivity contribution in [1.82, 2.24) is 9.62 Å². The number of halogens is 1. The van der Waals surface area contributed by atoms with Crippen LogP contribution in [-0.4, -0.2) is 87.7 Å². The number of amides is 1. The Balaban J connectivity index is 1.31. The molecule has 1 saturated heterocycles. The average Bonchev–Trinajstić information content (AvgIpc) is 3.24. The predicted octanol–water partition coefficient (Wildman–Crippen LogP) is 5.73. The lowest BCUT2D eigenvalue weighted by molar-refractivity contribution is -0.00325. The lowest BCUT2D eigenvalue weighted by Gasteiger charge is -2.47. The first-order chi connectivity index (χ1) is 24.4. The van der Waals surface area contributed by atoms with Gasteiger partial charge in [0.2, 0.25) is 10.0 Å². The quantitative estimate of drug-likeness (QED) is 0.235. The van der Waals surface area contributed by atoms with Gasteiger partial charge < -0.3 is 19.5 Å². The molecule has 2 aromatic rings. The van der Waals surface area contributed by atoms with Crippen molar-refractivity contribution in [3.8, 4) is 17.6 Å². The SMILES string of the molecule is CC/C=C/[C@@](O)(C#CCCN1CCOCC1)[C@@H]1CC[C@H]1CN1C[C@@]2(CCCc3cc(Cl)ccc32)COc2ccc(C(=O)NS(=O)(=O)C(C)C)cc21. The summed E-state index contributed by atoms with van der Waals surface area (Å²) >= 11 is 6.46. The summed E-state index contributed by atoms with van der Waals surface area (Å²) < 4.78 is 39.6. The van der Waals surface area contributed by atoms with Gasteiger partial charge >= 0.3 is 0 Å². The molecular formula is C40H52ClN3O6S. The van der Waals surface area contributed by atoms with Gasteiger partial charge in [-0.25, -0.2) is 13.1 Å². The zero-order valence-corrected chi connectivity index (χ0v) is 31.7. The van der Waals surface area contributed by atoms with Gasteiger partial charge in [-0.2, -0.15) is 0 Å². The minimum absolute atomic E-state index is 0.0696. The normalized spacial score (nSPS) is 24.8. The number of allylic oxidation sites excluding steroid dienone is 1. The Kier molecular flexibility index (Phi) is 11.7. The van der Waals surface area contributed by atoms with Gasteiger partial charge in [0.1, 0.15) is 11.4 Å². The molecule has 11 heteroatoms. The van der Waals surface area contributed by atoms with Crippen molar-refractivity contribution >= 4 is 33.2 Å².